The van der Waals surface area contributed by atoms with E-state index < -0.39 is 0 Å². The van der Waals surface area contributed by atoms with Crippen molar-refractivity contribution < 1.29 is 4.79 Å². The molecule has 0 N–H and O–H groups in total. The van der Waals surface area contributed by atoms with E-state index in [9.17, 15) is 4.79 Å². The Bertz CT molecular complexity index is 182. The summed E-state index contributed by atoms with van der Waals surface area (Å²) in [5, 5.41) is 7.50. The number of Topliss-reactive ketones (excluding diaryl/α,β-unsaturated/α-hetero) is 1. The molecule has 0 aromatic carbocycles. The number of nitrogens with zero attached hydrogens (tertiary/aromatic N) is 2. The SMILES string of the molecule is CC(=O)c1nncs1. The summed E-state index contributed by atoms with van der Waals surface area (Å²) >= 11 is 1.26. The first-order valence-corrected chi connectivity index (χ1v) is 2.96. The molecule has 0 amide bonds. The second-order valence-corrected chi connectivity index (χ2v) is 2.13. The van der Waals surface area contributed by atoms with Gasteiger partial charge in [-0.05, 0) is 0 Å². The molecule has 0 atom stereocenters. The lowest BCUT2D eigenvalue weighted by Gasteiger charge is -1.75. The van der Waals surface area contributed by atoms with Crippen molar-refractivity contribution in [1.29, 1.82) is 0 Å². The van der Waals surface area contributed by atoms with Gasteiger partial charge in [0, 0.05) is 6.92 Å². The van der Waals surface area contributed by atoms with Crippen molar-refractivity contribution in [2.75, 3.05) is 0 Å². The second kappa shape index (κ2) is 2.00. The highest BCUT2D eigenvalue weighted by atomic mass is 32.1. The molecule has 42 valence electrons. The average Bonchev–Trinajstić information content (AvgIpc) is 2.12. The van der Waals surface area contributed by atoms with E-state index in [1.807, 2.05) is 0 Å². The quantitative estimate of drug-likeness (QED) is 0.524. The molecule has 0 fully saturated rings. The van der Waals surface area contributed by atoms with Crippen LogP contribution in [0.15, 0.2) is 5.51 Å². The van der Waals surface area contributed by atoms with Gasteiger partial charge in [-0.15, -0.1) is 10.2 Å². The van der Waals surface area contributed by atoms with Crippen molar-refractivity contribution in [3.05, 3.63) is 10.5 Å². The Kier molecular flexibility index (Phi) is 1.34. The summed E-state index contributed by atoms with van der Waals surface area (Å²) < 4.78 is 0. The lowest BCUT2D eigenvalue weighted by atomic mass is 10.5. The van der Waals surface area contributed by atoms with Gasteiger partial charge in [-0.25, -0.2) is 0 Å². The zero-order chi connectivity index (χ0) is 5.98. The summed E-state index contributed by atoms with van der Waals surface area (Å²) in [5.41, 5.74) is 1.54. The summed E-state index contributed by atoms with van der Waals surface area (Å²) in [4.78, 5) is 10.4. The maximum Gasteiger partial charge on any atom is 0.190 e. The molecule has 0 saturated heterocycles. The molecule has 0 aliphatic rings. The molecule has 1 aromatic rings. The highest BCUT2D eigenvalue weighted by Crippen LogP contribution is 2.00. The van der Waals surface area contributed by atoms with Crippen LogP contribution in [-0.2, 0) is 0 Å². The molecule has 0 saturated carbocycles. The van der Waals surface area contributed by atoms with Gasteiger partial charge in [0.2, 0.25) is 0 Å². The number of aromatic nitrogens is 2. The molecule has 3 nitrogen and oxygen atoms in total. The molecule has 0 radical (unpaired) electrons. The molecule has 1 heterocycles. The number of ketones is 1. The largest absolute Gasteiger partial charge is 0.292 e. The summed E-state index contributed by atoms with van der Waals surface area (Å²) in [6, 6.07) is 0. The molecule has 1 rings (SSSR count). The first-order chi connectivity index (χ1) is 3.80. The summed E-state index contributed by atoms with van der Waals surface area (Å²) in [7, 11) is 0. The van der Waals surface area contributed by atoms with Crippen LogP contribution in [0.1, 0.15) is 16.7 Å². The highest BCUT2D eigenvalue weighted by Gasteiger charge is 1.99. The van der Waals surface area contributed by atoms with Crippen LogP contribution in [0, 0.1) is 0 Å². The molecule has 1 aromatic heterocycles. The Morgan fingerprint density at radius 3 is 2.88 bits per heavy atom. The smallest absolute Gasteiger partial charge is 0.190 e. The van der Waals surface area contributed by atoms with Gasteiger partial charge in [0.1, 0.15) is 5.51 Å². The van der Waals surface area contributed by atoms with Crippen LogP contribution in [0.5, 0.6) is 0 Å². The monoisotopic (exact) mass is 128 g/mol. The fourth-order valence-electron chi connectivity index (χ4n) is 0.326. The number of hydrogen-bond donors (Lipinski definition) is 0. The van der Waals surface area contributed by atoms with Gasteiger partial charge in [-0.2, -0.15) is 0 Å². The minimum absolute atomic E-state index is 0.0208. The standard InChI is InChI=1S/C4H4N2OS/c1-3(7)4-6-5-2-8-4/h2H,1H3. The average molecular weight is 128 g/mol. The maximum atomic E-state index is 10.4. The van der Waals surface area contributed by atoms with Gasteiger partial charge in [-0.3, -0.25) is 4.79 Å². The molecule has 0 aliphatic carbocycles. The van der Waals surface area contributed by atoms with E-state index in [1.54, 1.807) is 0 Å². The predicted octanol–water partition coefficient (Wildman–Crippen LogP) is 0.741. The third kappa shape index (κ3) is 0.894. The zero-order valence-electron chi connectivity index (χ0n) is 4.29. The molecule has 0 spiro atoms. The highest BCUT2D eigenvalue weighted by molar-refractivity contribution is 7.11. The first kappa shape index (κ1) is 5.37. The van der Waals surface area contributed by atoms with Gasteiger partial charge in [-0.1, -0.05) is 11.3 Å². The third-order valence-corrected chi connectivity index (χ3v) is 1.45. The Labute approximate surface area is 50.4 Å². The number of hydrogen-bond acceptors (Lipinski definition) is 4. The molecular weight excluding hydrogens is 124 g/mol. The van der Waals surface area contributed by atoms with E-state index in [0.29, 0.717) is 5.01 Å². The van der Waals surface area contributed by atoms with Crippen LogP contribution >= 0.6 is 11.3 Å². The Hall–Kier alpha value is -0.770. The lowest BCUT2D eigenvalue weighted by Crippen LogP contribution is -1.88. The van der Waals surface area contributed by atoms with E-state index in [-0.39, 0.29) is 5.78 Å². The Balaban J connectivity index is 2.93. The fourth-order valence-corrected chi connectivity index (χ4v) is 0.781. The fraction of sp³-hybridized carbons (Fsp3) is 0.250. The topological polar surface area (TPSA) is 42.9 Å². The summed E-state index contributed by atoms with van der Waals surface area (Å²) in [6.07, 6.45) is 0. The van der Waals surface area contributed by atoms with Gasteiger partial charge in [0.15, 0.2) is 10.8 Å². The van der Waals surface area contributed by atoms with Crippen LogP contribution in [-0.4, -0.2) is 16.0 Å². The Morgan fingerprint density at radius 1 is 1.88 bits per heavy atom. The van der Waals surface area contributed by atoms with Crippen molar-refractivity contribution >= 4 is 17.1 Å². The van der Waals surface area contributed by atoms with Gasteiger partial charge < -0.3 is 0 Å². The molecule has 0 unspecified atom stereocenters. The molecule has 8 heavy (non-hydrogen) atoms. The van der Waals surface area contributed by atoms with Crippen molar-refractivity contribution in [2.24, 2.45) is 0 Å². The molecular formula is C4H4N2OS. The van der Waals surface area contributed by atoms with Crippen molar-refractivity contribution in [3.63, 3.8) is 0 Å². The van der Waals surface area contributed by atoms with E-state index >= 15 is 0 Å². The predicted molar refractivity (Wildman–Crippen MR) is 29.9 cm³/mol. The van der Waals surface area contributed by atoms with E-state index in [1.165, 1.54) is 23.8 Å². The normalized spacial score (nSPS) is 9.12. The van der Waals surface area contributed by atoms with Crippen molar-refractivity contribution in [1.82, 2.24) is 10.2 Å². The van der Waals surface area contributed by atoms with Crippen LogP contribution in [0.2, 0.25) is 0 Å². The van der Waals surface area contributed by atoms with Crippen LogP contribution in [0.4, 0.5) is 0 Å². The van der Waals surface area contributed by atoms with Crippen LogP contribution in [0.3, 0.4) is 0 Å². The third-order valence-electron chi connectivity index (χ3n) is 0.661. The van der Waals surface area contributed by atoms with Gasteiger partial charge >= 0.3 is 0 Å². The van der Waals surface area contributed by atoms with Gasteiger partial charge in [0.05, 0.1) is 0 Å². The minimum Gasteiger partial charge on any atom is -0.292 e. The van der Waals surface area contributed by atoms with E-state index in [0.717, 1.165) is 0 Å². The lowest BCUT2D eigenvalue weighted by molar-refractivity contribution is 0.101. The molecule has 4 heteroatoms. The summed E-state index contributed by atoms with van der Waals surface area (Å²) in [5.74, 6) is -0.0208. The van der Waals surface area contributed by atoms with E-state index in [2.05, 4.69) is 10.2 Å². The van der Waals surface area contributed by atoms with Gasteiger partial charge in [0.25, 0.3) is 0 Å². The summed E-state index contributed by atoms with van der Waals surface area (Å²) in [6.45, 7) is 1.47. The second-order valence-electron chi connectivity index (χ2n) is 1.30. The van der Waals surface area contributed by atoms with Crippen molar-refractivity contribution in [2.45, 2.75) is 6.92 Å². The zero-order valence-corrected chi connectivity index (χ0v) is 5.10. The van der Waals surface area contributed by atoms with Crippen LogP contribution < -0.4 is 0 Å². The molecule has 0 bridgehead atoms. The van der Waals surface area contributed by atoms with Crippen LogP contribution in [0.25, 0.3) is 0 Å². The molecule has 0 aliphatic heterocycles. The first-order valence-electron chi connectivity index (χ1n) is 2.08. The number of carbonyl (C=O) groups excluding carboxylic acids is 1. The number of carbonyl (C=O) groups is 1. The Morgan fingerprint density at radius 2 is 2.62 bits per heavy atom. The van der Waals surface area contributed by atoms with E-state index in [4.69, 9.17) is 0 Å². The minimum atomic E-state index is -0.0208. The number of rotatable bonds is 1. The maximum absolute atomic E-state index is 10.4. The van der Waals surface area contributed by atoms with Crippen molar-refractivity contribution in [3.8, 4) is 0 Å².